The second-order valence-corrected chi connectivity index (χ2v) is 7.75. The Labute approximate surface area is 186 Å². The summed E-state index contributed by atoms with van der Waals surface area (Å²) in [5, 5.41) is 16.3. The fourth-order valence-electron chi connectivity index (χ4n) is 3.77. The number of aromatic nitrogens is 2. The molecule has 8 nitrogen and oxygen atoms in total. The van der Waals surface area contributed by atoms with Crippen LogP contribution in [-0.4, -0.2) is 50.9 Å². The molecule has 8 heteroatoms. The number of likely N-dealkylation sites (tertiary alicyclic amines) is 1. The minimum atomic E-state index is -0.294. The van der Waals surface area contributed by atoms with Gasteiger partial charge in [0.15, 0.2) is 0 Å². The number of anilines is 2. The summed E-state index contributed by atoms with van der Waals surface area (Å²) in [6.45, 7) is 4.62. The Bertz CT molecular complexity index is 1150. The average Bonchev–Trinajstić information content (AvgIpc) is 2.83. The molecule has 164 valence electrons. The van der Waals surface area contributed by atoms with Gasteiger partial charge in [-0.05, 0) is 54.8 Å². The van der Waals surface area contributed by atoms with E-state index in [0.29, 0.717) is 30.3 Å². The third-order valence-corrected chi connectivity index (χ3v) is 5.46. The minimum absolute atomic E-state index is 0.0377. The van der Waals surface area contributed by atoms with Crippen LogP contribution < -0.4 is 10.6 Å². The zero-order valence-electron chi connectivity index (χ0n) is 17.6. The Balaban J connectivity index is 1.41. The van der Waals surface area contributed by atoms with Crippen LogP contribution in [0.15, 0.2) is 61.3 Å². The molecule has 1 aliphatic heterocycles. The SMILES string of the molecule is C=CC(=O)Nc1ccc(C(=O)N2CCC[C@@H](Nc3ncc4ccc(CO)cc4n3)C2)cc1. The lowest BCUT2D eigenvalue weighted by molar-refractivity contribution is -0.111. The predicted octanol–water partition coefficient (Wildman–Crippen LogP) is 2.96. The molecule has 3 N–H and O–H groups in total. The molecule has 2 heterocycles. The van der Waals surface area contributed by atoms with E-state index in [1.54, 1.807) is 30.5 Å². The van der Waals surface area contributed by atoms with Crippen molar-refractivity contribution in [2.45, 2.75) is 25.5 Å². The Hall–Kier alpha value is -3.78. The molecule has 0 aliphatic carbocycles. The molecule has 4 rings (SSSR count). The number of aliphatic hydroxyl groups is 1. The van der Waals surface area contributed by atoms with E-state index >= 15 is 0 Å². The van der Waals surface area contributed by atoms with E-state index in [0.717, 1.165) is 29.3 Å². The summed E-state index contributed by atoms with van der Waals surface area (Å²) in [6.07, 6.45) is 4.74. The van der Waals surface area contributed by atoms with E-state index in [1.807, 2.05) is 23.1 Å². The molecule has 2 aromatic carbocycles. The van der Waals surface area contributed by atoms with E-state index in [2.05, 4.69) is 27.2 Å². The maximum atomic E-state index is 13.0. The average molecular weight is 431 g/mol. The van der Waals surface area contributed by atoms with Crippen LogP contribution in [-0.2, 0) is 11.4 Å². The van der Waals surface area contributed by atoms with E-state index in [4.69, 9.17) is 0 Å². The standard InChI is InChI=1S/C24H25N5O3/c1-2-22(31)26-19-9-7-17(8-10-19)23(32)29-11-3-4-20(14-29)27-24-25-13-18-6-5-16(15-30)12-21(18)28-24/h2,5-10,12-13,20,30H,1,3-4,11,14-15H2,(H,26,31)(H,25,27,28)/t20-/m1/s1. The van der Waals surface area contributed by atoms with Crippen molar-refractivity contribution in [3.05, 3.63) is 72.4 Å². The Morgan fingerprint density at radius 3 is 2.78 bits per heavy atom. The molecule has 0 bridgehead atoms. The van der Waals surface area contributed by atoms with Gasteiger partial charge in [0.25, 0.3) is 5.91 Å². The van der Waals surface area contributed by atoms with E-state index < -0.39 is 0 Å². The lowest BCUT2D eigenvalue weighted by atomic mass is 10.0. The number of hydrogen-bond donors (Lipinski definition) is 3. The third kappa shape index (κ3) is 4.92. The number of amides is 2. The third-order valence-electron chi connectivity index (χ3n) is 5.46. The van der Waals surface area contributed by atoms with Crippen LogP contribution in [0.1, 0.15) is 28.8 Å². The van der Waals surface area contributed by atoms with Crippen molar-refractivity contribution in [1.29, 1.82) is 0 Å². The predicted molar refractivity (Wildman–Crippen MR) is 123 cm³/mol. The van der Waals surface area contributed by atoms with Crippen molar-refractivity contribution in [2.75, 3.05) is 23.7 Å². The van der Waals surface area contributed by atoms with Gasteiger partial charge in [0.05, 0.1) is 12.1 Å². The summed E-state index contributed by atoms with van der Waals surface area (Å²) < 4.78 is 0. The molecule has 1 aromatic heterocycles. The van der Waals surface area contributed by atoms with Crippen LogP contribution in [0.4, 0.5) is 11.6 Å². The maximum absolute atomic E-state index is 13.0. The number of rotatable bonds is 6. The summed E-state index contributed by atoms with van der Waals surface area (Å²) in [7, 11) is 0. The molecular weight excluding hydrogens is 406 g/mol. The largest absolute Gasteiger partial charge is 0.392 e. The zero-order chi connectivity index (χ0) is 22.5. The van der Waals surface area contributed by atoms with Gasteiger partial charge in [-0.3, -0.25) is 9.59 Å². The summed E-state index contributed by atoms with van der Waals surface area (Å²) in [6, 6.07) is 12.5. The first kappa shape index (κ1) is 21.5. The molecule has 0 saturated carbocycles. The fraction of sp³-hybridized carbons (Fsp3) is 0.250. The molecule has 3 aromatic rings. The highest BCUT2D eigenvalue weighted by Crippen LogP contribution is 2.20. The molecule has 1 aliphatic rings. The molecular formula is C24H25N5O3. The quantitative estimate of drug-likeness (QED) is 0.518. The Kier molecular flexibility index (Phi) is 6.42. The first-order valence-corrected chi connectivity index (χ1v) is 10.5. The molecule has 0 unspecified atom stereocenters. The van der Waals surface area contributed by atoms with Crippen LogP contribution in [0.3, 0.4) is 0 Å². The van der Waals surface area contributed by atoms with Crippen molar-refractivity contribution in [3.8, 4) is 0 Å². The van der Waals surface area contributed by atoms with Gasteiger partial charge < -0.3 is 20.6 Å². The number of carbonyl (C=O) groups excluding carboxylic acids is 2. The van der Waals surface area contributed by atoms with Crippen molar-refractivity contribution in [1.82, 2.24) is 14.9 Å². The molecule has 1 saturated heterocycles. The van der Waals surface area contributed by atoms with Gasteiger partial charge in [0.2, 0.25) is 11.9 Å². The fourth-order valence-corrected chi connectivity index (χ4v) is 3.77. The van der Waals surface area contributed by atoms with Crippen molar-refractivity contribution in [2.24, 2.45) is 0 Å². The van der Waals surface area contributed by atoms with Gasteiger partial charge in [-0.1, -0.05) is 18.7 Å². The second-order valence-electron chi connectivity index (χ2n) is 7.75. The zero-order valence-corrected chi connectivity index (χ0v) is 17.6. The Morgan fingerprint density at radius 1 is 1.22 bits per heavy atom. The van der Waals surface area contributed by atoms with Crippen molar-refractivity contribution >= 4 is 34.4 Å². The first-order chi connectivity index (χ1) is 15.6. The maximum Gasteiger partial charge on any atom is 0.253 e. The first-order valence-electron chi connectivity index (χ1n) is 10.5. The summed E-state index contributed by atoms with van der Waals surface area (Å²) in [5.74, 6) is 0.164. The number of piperidine rings is 1. The lowest BCUT2D eigenvalue weighted by Gasteiger charge is -2.33. The summed E-state index contributed by atoms with van der Waals surface area (Å²) in [5.41, 5.74) is 2.75. The van der Waals surface area contributed by atoms with Crippen molar-refractivity contribution < 1.29 is 14.7 Å². The normalized spacial score (nSPS) is 15.9. The molecule has 1 fully saturated rings. The number of nitrogens with zero attached hydrogens (tertiary/aromatic N) is 3. The van der Waals surface area contributed by atoms with Gasteiger partial charge in [0, 0.05) is 42.0 Å². The summed E-state index contributed by atoms with van der Waals surface area (Å²) in [4.78, 5) is 35.2. The molecule has 0 radical (unpaired) electrons. The van der Waals surface area contributed by atoms with E-state index in [9.17, 15) is 14.7 Å². The lowest BCUT2D eigenvalue weighted by Crippen LogP contribution is -2.45. The van der Waals surface area contributed by atoms with Crippen LogP contribution >= 0.6 is 0 Å². The smallest absolute Gasteiger partial charge is 0.253 e. The Morgan fingerprint density at radius 2 is 2.03 bits per heavy atom. The van der Waals surface area contributed by atoms with Crippen LogP contribution in [0, 0.1) is 0 Å². The number of fused-ring (bicyclic) bond motifs is 1. The summed E-state index contributed by atoms with van der Waals surface area (Å²) >= 11 is 0. The topological polar surface area (TPSA) is 107 Å². The van der Waals surface area contributed by atoms with Crippen LogP contribution in [0.25, 0.3) is 10.9 Å². The number of carbonyl (C=O) groups is 2. The highest BCUT2D eigenvalue weighted by atomic mass is 16.3. The minimum Gasteiger partial charge on any atom is -0.392 e. The van der Waals surface area contributed by atoms with Crippen molar-refractivity contribution in [3.63, 3.8) is 0 Å². The number of hydrogen-bond acceptors (Lipinski definition) is 6. The monoisotopic (exact) mass is 431 g/mol. The van der Waals surface area contributed by atoms with Crippen LogP contribution in [0.5, 0.6) is 0 Å². The number of benzene rings is 2. The van der Waals surface area contributed by atoms with Gasteiger partial charge in [-0.2, -0.15) is 0 Å². The highest BCUT2D eigenvalue weighted by molar-refractivity contribution is 5.99. The molecule has 0 spiro atoms. The van der Waals surface area contributed by atoms with Gasteiger partial charge in [-0.25, -0.2) is 9.97 Å². The van der Waals surface area contributed by atoms with Gasteiger partial charge in [0.1, 0.15) is 0 Å². The molecule has 2 amide bonds. The second kappa shape index (κ2) is 9.57. The number of nitrogens with one attached hydrogen (secondary N) is 2. The van der Waals surface area contributed by atoms with Gasteiger partial charge >= 0.3 is 0 Å². The van der Waals surface area contributed by atoms with E-state index in [-0.39, 0.29) is 24.5 Å². The highest BCUT2D eigenvalue weighted by Gasteiger charge is 2.25. The molecule has 32 heavy (non-hydrogen) atoms. The van der Waals surface area contributed by atoms with Gasteiger partial charge in [-0.15, -0.1) is 0 Å². The van der Waals surface area contributed by atoms with Crippen LogP contribution in [0.2, 0.25) is 0 Å². The number of aliphatic hydroxyl groups excluding tert-OH is 1. The molecule has 1 atom stereocenters. The van der Waals surface area contributed by atoms with E-state index in [1.165, 1.54) is 6.08 Å².